The predicted octanol–water partition coefficient (Wildman–Crippen LogP) is 3.61. The molecule has 21 heavy (non-hydrogen) atoms. The fourth-order valence-corrected chi connectivity index (χ4v) is 2.51. The molecule has 0 fully saturated rings. The van der Waals surface area contributed by atoms with Crippen LogP contribution in [0, 0.1) is 0 Å². The van der Waals surface area contributed by atoms with Gasteiger partial charge in [-0.2, -0.15) is 0 Å². The van der Waals surface area contributed by atoms with Gasteiger partial charge in [-0.3, -0.25) is 4.79 Å². The van der Waals surface area contributed by atoms with Gasteiger partial charge in [0.2, 0.25) is 0 Å². The van der Waals surface area contributed by atoms with E-state index < -0.39 is 0 Å². The van der Waals surface area contributed by atoms with Gasteiger partial charge in [0.1, 0.15) is 11.4 Å². The molecule has 0 bridgehead atoms. The number of methoxy groups -OCH3 is 1. The largest absolute Gasteiger partial charge is 0.497 e. The Morgan fingerprint density at radius 3 is 3.00 bits per heavy atom. The zero-order valence-electron chi connectivity index (χ0n) is 11.6. The molecule has 0 radical (unpaired) electrons. The van der Waals surface area contributed by atoms with E-state index in [9.17, 15) is 4.79 Å². The molecule has 7 heteroatoms. The van der Waals surface area contributed by atoms with Crippen LogP contribution in [0.5, 0.6) is 5.75 Å². The molecule has 0 aliphatic heterocycles. The summed E-state index contributed by atoms with van der Waals surface area (Å²) >= 11 is 4.79. The normalized spacial score (nSPS) is 10.2. The molecule has 1 N–H and O–H groups in total. The van der Waals surface area contributed by atoms with Crippen molar-refractivity contribution in [3.05, 3.63) is 40.6 Å². The number of amides is 1. The number of rotatable bonds is 5. The number of halogens is 1. The smallest absolute Gasteiger partial charge is 0.275 e. The number of nitrogens with one attached hydrogen (secondary N) is 1. The molecule has 0 aliphatic rings. The van der Waals surface area contributed by atoms with Crippen LogP contribution in [-0.2, 0) is 0 Å². The van der Waals surface area contributed by atoms with Crippen LogP contribution in [0.25, 0.3) is 0 Å². The first kappa shape index (κ1) is 15.8. The maximum Gasteiger partial charge on any atom is 0.275 e. The number of carbonyl (C=O) groups is 1. The molecule has 2 aromatic rings. The van der Waals surface area contributed by atoms with E-state index in [1.165, 1.54) is 11.8 Å². The third-order valence-electron chi connectivity index (χ3n) is 2.54. The highest BCUT2D eigenvalue weighted by atomic mass is 79.9. The zero-order valence-corrected chi connectivity index (χ0v) is 14.0. The van der Waals surface area contributed by atoms with E-state index in [-0.39, 0.29) is 5.91 Å². The van der Waals surface area contributed by atoms with Gasteiger partial charge in [-0.1, -0.05) is 24.8 Å². The summed E-state index contributed by atoms with van der Waals surface area (Å²) < 4.78 is 5.69. The number of aromatic nitrogens is 2. The van der Waals surface area contributed by atoms with Gasteiger partial charge in [-0.15, -0.1) is 0 Å². The van der Waals surface area contributed by atoms with Crippen molar-refractivity contribution in [1.29, 1.82) is 0 Å². The number of hydrogen-bond acceptors (Lipinski definition) is 5. The van der Waals surface area contributed by atoms with E-state index in [4.69, 9.17) is 4.74 Å². The third kappa shape index (κ3) is 4.18. The van der Waals surface area contributed by atoms with Gasteiger partial charge in [0.05, 0.1) is 11.6 Å². The number of hydrogen-bond donors (Lipinski definition) is 1. The minimum absolute atomic E-state index is 0.296. The van der Waals surface area contributed by atoms with Crippen molar-refractivity contribution in [2.24, 2.45) is 0 Å². The number of carbonyl (C=O) groups excluding carboxylic acids is 1. The molecule has 1 aromatic heterocycles. The summed E-state index contributed by atoms with van der Waals surface area (Å²) in [5.41, 5.74) is 0.957. The fraction of sp³-hybridized carbons (Fsp3) is 0.214. The van der Waals surface area contributed by atoms with Gasteiger partial charge in [-0.05, 0) is 33.8 Å². The first-order valence-electron chi connectivity index (χ1n) is 6.24. The predicted molar refractivity (Wildman–Crippen MR) is 87.1 cm³/mol. The molecule has 0 saturated heterocycles. The molecule has 110 valence electrons. The van der Waals surface area contributed by atoms with Crippen molar-refractivity contribution in [3.8, 4) is 5.75 Å². The quantitative estimate of drug-likeness (QED) is 0.645. The molecule has 0 saturated carbocycles. The number of thioether (sulfide) groups is 1. The van der Waals surface area contributed by atoms with Crippen LogP contribution in [0.4, 0.5) is 5.69 Å². The van der Waals surface area contributed by atoms with Gasteiger partial charge in [-0.25, -0.2) is 9.97 Å². The lowest BCUT2D eigenvalue weighted by Crippen LogP contribution is -2.15. The summed E-state index contributed by atoms with van der Waals surface area (Å²) in [6.45, 7) is 2.01. The average molecular weight is 368 g/mol. The highest BCUT2D eigenvalue weighted by Crippen LogP contribution is 2.21. The van der Waals surface area contributed by atoms with Crippen LogP contribution in [-0.4, -0.2) is 28.7 Å². The molecular formula is C14H14BrN3O2S. The van der Waals surface area contributed by atoms with E-state index in [1.54, 1.807) is 25.4 Å². The van der Waals surface area contributed by atoms with E-state index in [1.807, 2.05) is 19.1 Å². The van der Waals surface area contributed by atoms with Crippen LogP contribution < -0.4 is 10.1 Å². The van der Waals surface area contributed by atoms with Crippen molar-refractivity contribution in [2.45, 2.75) is 12.1 Å². The molecule has 2 rings (SSSR count). The van der Waals surface area contributed by atoms with Crippen LogP contribution in [0.3, 0.4) is 0 Å². The van der Waals surface area contributed by atoms with Gasteiger partial charge in [0, 0.05) is 18.0 Å². The maximum absolute atomic E-state index is 12.3. The Kier molecular flexibility index (Phi) is 5.58. The van der Waals surface area contributed by atoms with Crippen molar-refractivity contribution in [1.82, 2.24) is 9.97 Å². The minimum Gasteiger partial charge on any atom is -0.497 e. The van der Waals surface area contributed by atoms with E-state index in [0.717, 1.165) is 5.75 Å². The molecule has 0 aliphatic carbocycles. The van der Waals surface area contributed by atoms with Gasteiger partial charge in [0.15, 0.2) is 5.16 Å². The van der Waals surface area contributed by atoms with Crippen LogP contribution in [0.1, 0.15) is 17.4 Å². The minimum atomic E-state index is -0.296. The summed E-state index contributed by atoms with van der Waals surface area (Å²) in [6.07, 6.45) is 1.59. The number of nitrogens with zero attached hydrogens (tertiary/aromatic N) is 2. The Bertz CT molecular complexity index is 652. The van der Waals surface area contributed by atoms with Crippen molar-refractivity contribution >= 4 is 39.3 Å². The topological polar surface area (TPSA) is 64.1 Å². The summed E-state index contributed by atoms with van der Waals surface area (Å²) in [7, 11) is 1.58. The van der Waals surface area contributed by atoms with Crippen molar-refractivity contribution < 1.29 is 9.53 Å². The summed E-state index contributed by atoms with van der Waals surface area (Å²) in [5, 5.41) is 3.37. The first-order chi connectivity index (χ1) is 10.1. The Labute approximate surface area is 135 Å². The number of ether oxygens (including phenoxy) is 1. The Balaban J connectivity index is 2.21. The summed E-state index contributed by atoms with van der Waals surface area (Å²) in [4.78, 5) is 20.7. The van der Waals surface area contributed by atoms with E-state index >= 15 is 0 Å². The van der Waals surface area contributed by atoms with Gasteiger partial charge < -0.3 is 10.1 Å². The Hall–Kier alpha value is -1.60. The number of benzene rings is 1. The molecule has 0 spiro atoms. The average Bonchev–Trinajstić information content (AvgIpc) is 2.49. The molecule has 1 heterocycles. The summed E-state index contributed by atoms with van der Waals surface area (Å²) in [5.74, 6) is 1.23. The highest BCUT2D eigenvalue weighted by Gasteiger charge is 2.14. The van der Waals surface area contributed by atoms with E-state index in [0.29, 0.717) is 26.8 Å². The molecular weight excluding hydrogens is 354 g/mol. The molecule has 0 unspecified atom stereocenters. The second kappa shape index (κ2) is 7.42. The third-order valence-corrected chi connectivity index (χ3v) is 3.86. The van der Waals surface area contributed by atoms with Crippen LogP contribution >= 0.6 is 27.7 Å². The second-order valence-corrected chi connectivity index (χ2v) is 6.05. The monoisotopic (exact) mass is 367 g/mol. The lowest BCUT2D eigenvalue weighted by molar-refractivity contribution is 0.102. The zero-order chi connectivity index (χ0) is 15.2. The van der Waals surface area contributed by atoms with Crippen molar-refractivity contribution in [3.63, 3.8) is 0 Å². The first-order valence-corrected chi connectivity index (χ1v) is 8.02. The maximum atomic E-state index is 12.3. The van der Waals surface area contributed by atoms with Crippen LogP contribution in [0.2, 0.25) is 0 Å². The molecule has 1 aromatic carbocycles. The van der Waals surface area contributed by atoms with Gasteiger partial charge >= 0.3 is 0 Å². The number of anilines is 1. The Morgan fingerprint density at radius 2 is 2.29 bits per heavy atom. The SMILES string of the molecule is CCSc1ncc(Br)c(C(=O)Nc2cccc(OC)c2)n1. The fourth-order valence-electron chi connectivity index (χ4n) is 1.60. The second-order valence-electron chi connectivity index (χ2n) is 3.97. The van der Waals surface area contributed by atoms with Crippen molar-refractivity contribution in [2.75, 3.05) is 18.2 Å². The Morgan fingerprint density at radius 1 is 1.48 bits per heavy atom. The standard InChI is InChI=1S/C14H14BrN3O2S/c1-3-21-14-16-8-11(15)12(18-14)13(19)17-9-5-4-6-10(7-9)20-2/h4-8H,3H2,1-2H3,(H,17,19). The molecule has 0 atom stereocenters. The highest BCUT2D eigenvalue weighted by molar-refractivity contribution is 9.10. The summed E-state index contributed by atoms with van der Waals surface area (Å²) in [6, 6.07) is 7.15. The molecule has 1 amide bonds. The lowest BCUT2D eigenvalue weighted by Gasteiger charge is -2.08. The lowest BCUT2D eigenvalue weighted by atomic mass is 10.3. The van der Waals surface area contributed by atoms with Gasteiger partial charge in [0.25, 0.3) is 5.91 Å². The van der Waals surface area contributed by atoms with E-state index in [2.05, 4.69) is 31.2 Å². The van der Waals surface area contributed by atoms with Crippen LogP contribution in [0.15, 0.2) is 40.1 Å². The molecule has 5 nitrogen and oxygen atoms in total.